The van der Waals surface area contributed by atoms with Gasteiger partial charge < -0.3 is 10.4 Å². The van der Waals surface area contributed by atoms with Gasteiger partial charge in [-0.2, -0.15) is 0 Å². The molecule has 1 heterocycles. The van der Waals surface area contributed by atoms with Gasteiger partial charge in [-0.3, -0.25) is 9.69 Å². The smallest absolute Gasteiger partial charge is 0.322 e. The highest BCUT2D eigenvalue weighted by Crippen LogP contribution is 2.03. The Morgan fingerprint density at radius 3 is 2.83 bits per heavy atom. The van der Waals surface area contributed by atoms with Gasteiger partial charge in [-0.1, -0.05) is 0 Å². The normalized spacial score (nSPS) is 26.1. The van der Waals surface area contributed by atoms with Crippen LogP contribution in [0.1, 0.15) is 13.8 Å². The number of carbonyl (C=O) groups is 1. The molecule has 0 spiro atoms. The highest BCUT2D eigenvalue weighted by molar-refractivity contribution is 5.73. The predicted octanol–water partition coefficient (Wildman–Crippen LogP) is -0.247. The van der Waals surface area contributed by atoms with Gasteiger partial charge in [0.15, 0.2) is 0 Å². The van der Waals surface area contributed by atoms with E-state index in [4.69, 9.17) is 5.11 Å². The van der Waals surface area contributed by atoms with Crippen molar-refractivity contribution in [2.75, 3.05) is 19.6 Å². The van der Waals surface area contributed by atoms with Crippen LogP contribution in [0.25, 0.3) is 0 Å². The van der Waals surface area contributed by atoms with Gasteiger partial charge in [0.25, 0.3) is 0 Å². The van der Waals surface area contributed by atoms with Gasteiger partial charge >= 0.3 is 5.97 Å². The average molecular weight is 172 g/mol. The molecule has 0 aliphatic carbocycles. The summed E-state index contributed by atoms with van der Waals surface area (Å²) >= 11 is 0. The van der Waals surface area contributed by atoms with E-state index in [9.17, 15) is 4.79 Å². The molecule has 0 aromatic heterocycles. The fourth-order valence-electron chi connectivity index (χ4n) is 1.41. The molecular weight excluding hydrogens is 156 g/mol. The second-order valence-corrected chi connectivity index (χ2v) is 3.43. The van der Waals surface area contributed by atoms with Crippen LogP contribution in [-0.4, -0.2) is 47.7 Å². The second-order valence-electron chi connectivity index (χ2n) is 3.43. The number of hydrogen-bond donors (Lipinski definition) is 2. The maximum absolute atomic E-state index is 10.6. The summed E-state index contributed by atoms with van der Waals surface area (Å²) in [7, 11) is 0. The van der Waals surface area contributed by atoms with E-state index in [1.807, 2.05) is 0 Å². The minimum atomic E-state index is -0.750. The van der Waals surface area contributed by atoms with Crippen LogP contribution in [0.15, 0.2) is 0 Å². The summed E-state index contributed by atoms with van der Waals surface area (Å²) in [5.41, 5.74) is 0. The van der Waals surface area contributed by atoms with Crippen molar-refractivity contribution in [1.82, 2.24) is 10.2 Å². The molecule has 1 atom stereocenters. The number of nitrogens with zero attached hydrogens (tertiary/aromatic N) is 1. The summed E-state index contributed by atoms with van der Waals surface area (Å²) in [5.74, 6) is -0.750. The van der Waals surface area contributed by atoms with Crippen LogP contribution < -0.4 is 5.32 Å². The lowest BCUT2D eigenvalue weighted by Crippen LogP contribution is -2.55. The zero-order valence-electron chi connectivity index (χ0n) is 7.58. The molecule has 2 N–H and O–H groups in total. The van der Waals surface area contributed by atoms with Gasteiger partial charge in [-0.05, 0) is 13.8 Å². The van der Waals surface area contributed by atoms with Crippen LogP contribution in [0.2, 0.25) is 0 Å². The number of nitrogens with one attached hydrogen (secondary N) is 1. The lowest BCUT2D eigenvalue weighted by Gasteiger charge is -2.34. The predicted molar refractivity (Wildman–Crippen MR) is 46.1 cm³/mol. The zero-order valence-corrected chi connectivity index (χ0v) is 7.58. The molecule has 4 nitrogen and oxygen atoms in total. The molecule has 0 bridgehead atoms. The van der Waals surface area contributed by atoms with Crippen LogP contribution in [0.4, 0.5) is 0 Å². The monoisotopic (exact) mass is 172 g/mol. The largest absolute Gasteiger partial charge is 0.480 e. The van der Waals surface area contributed by atoms with Gasteiger partial charge in [0.1, 0.15) is 6.04 Å². The number of rotatable bonds is 2. The Balaban J connectivity index is 2.46. The van der Waals surface area contributed by atoms with Gasteiger partial charge in [0, 0.05) is 25.7 Å². The van der Waals surface area contributed by atoms with E-state index in [-0.39, 0.29) is 6.04 Å². The zero-order chi connectivity index (χ0) is 9.14. The Hall–Kier alpha value is -0.610. The second kappa shape index (κ2) is 3.87. The number of carboxylic acids is 1. The molecule has 0 aromatic carbocycles. The van der Waals surface area contributed by atoms with Crippen molar-refractivity contribution in [2.45, 2.75) is 25.9 Å². The first-order valence-electron chi connectivity index (χ1n) is 4.31. The van der Waals surface area contributed by atoms with E-state index in [1.54, 1.807) is 0 Å². The Bertz CT molecular complexity index is 170. The van der Waals surface area contributed by atoms with Crippen molar-refractivity contribution in [3.05, 3.63) is 0 Å². The van der Waals surface area contributed by atoms with E-state index < -0.39 is 5.97 Å². The van der Waals surface area contributed by atoms with Gasteiger partial charge in [-0.15, -0.1) is 0 Å². The number of hydrogen-bond acceptors (Lipinski definition) is 3. The minimum absolute atomic E-state index is 0.388. The summed E-state index contributed by atoms with van der Waals surface area (Å²) in [6.07, 6.45) is 0. The standard InChI is InChI=1S/C8H16N2O2/c1-6(2)10-4-3-9-7(5-10)8(11)12/h6-7,9H,3-5H2,1-2H3,(H,11,12)/t7-/m1/s1. The first-order chi connectivity index (χ1) is 5.61. The lowest BCUT2D eigenvalue weighted by molar-refractivity contribution is -0.140. The quantitative estimate of drug-likeness (QED) is 0.603. The molecule has 4 heteroatoms. The third-order valence-corrected chi connectivity index (χ3v) is 2.24. The average Bonchev–Trinajstić information content (AvgIpc) is 2.04. The van der Waals surface area contributed by atoms with Crippen LogP contribution in [0.5, 0.6) is 0 Å². The molecule has 1 rings (SSSR count). The summed E-state index contributed by atoms with van der Waals surface area (Å²) in [5, 5.41) is 11.7. The van der Waals surface area contributed by atoms with Crippen LogP contribution in [0.3, 0.4) is 0 Å². The van der Waals surface area contributed by atoms with E-state index in [0.29, 0.717) is 12.6 Å². The molecule has 12 heavy (non-hydrogen) atoms. The fourth-order valence-corrected chi connectivity index (χ4v) is 1.41. The highest BCUT2D eigenvalue weighted by atomic mass is 16.4. The van der Waals surface area contributed by atoms with Crippen molar-refractivity contribution in [3.8, 4) is 0 Å². The molecule has 1 saturated heterocycles. The van der Waals surface area contributed by atoms with Crippen molar-refractivity contribution in [3.63, 3.8) is 0 Å². The Morgan fingerprint density at radius 1 is 1.67 bits per heavy atom. The molecule has 70 valence electrons. The molecule has 1 aliphatic heterocycles. The maximum Gasteiger partial charge on any atom is 0.322 e. The first-order valence-corrected chi connectivity index (χ1v) is 4.31. The third-order valence-electron chi connectivity index (χ3n) is 2.24. The fraction of sp³-hybridized carbons (Fsp3) is 0.875. The van der Waals surface area contributed by atoms with Crippen molar-refractivity contribution < 1.29 is 9.90 Å². The first kappa shape index (κ1) is 9.48. The topological polar surface area (TPSA) is 52.6 Å². The van der Waals surface area contributed by atoms with E-state index in [1.165, 1.54) is 0 Å². The molecule has 1 fully saturated rings. The van der Waals surface area contributed by atoms with Crippen molar-refractivity contribution in [1.29, 1.82) is 0 Å². The Labute approximate surface area is 72.6 Å². The SMILES string of the molecule is CC(C)N1CCN[C@@H](C(=O)O)C1. The van der Waals surface area contributed by atoms with Crippen molar-refractivity contribution >= 4 is 5.97 Å². The van der Waals surface area contributed by atoms with E-state index in [0.717, 1.165) is 13.1 Å². The molecule has 0 unspecified atom stereocenters. The van der Waals surface area contributed by atoms with Crippen LogP contribution in [-0.2, 0) is 4.79 Å². The summed E-state index contributed by atoms with van der Waals surface area (Å²) < 4.78 is 0. The molecular formula is C8H16N2O2. The molecule has 0 aromatic rings. The molecule has 1 aliphatic rings. The number of carboxylic acid groups (broad SMARTS) is 1. The molecule has 0 saturated carbocycles. The lowest BCUT2D eigenvalue weighted by atomic mass is 10.2. The maximum atomic E-state index is 10.6. The van der Waals surface area contributed by atoms with Crippen LogP contribution in [0, 0.1) is 0 Å². The summed E-state index contributed by atoms with van der Waals surface area (Å²) in [6, 6.07) is 0.0510. The summed E-state index contributed by atoms with van der Waals surface area (Å²) in [6.45, 7) is 6.51. The van der Waals surface area contributed by atoms with E-state index >= 15 is 0 Å². The summed E-state index contributed by atoms with van der Waals surface area (Å²) in [4.78, 5) is 12.8. The number of piperazine rings is 1. The van der Waals surface area contributed by atoms with Gasteiger partial charge in [0.05, 0.1) is 0 Å². The van der Waals surface area contributed by atoms with Gasteiger partial charge in [-0.25, -0.2) is 0 Å². The third kappa shape index (κ3) is 2.19. The Morgan fingerprint density at radius 2 is 2.33 bits per heavy atom. The van der Waals surface area contributed by atoms with Crippen molar-refractivity contribution in [2.24, 2.45) is 0 Å². The molecule has 0 radical (unpaired) electrons. The molecule has 0 amide bonds. The minimum Gasteiger partial charge on any atom is -0.480 e. The Kier molecular flexibility index (Phi) is 3.05. The van der Waals surface area contributed by atoms with E-state index in [2.05, 4.69) is 24.1 Å². The van der Waals surface area contributed by atoms with Gasteiger partial charge in [0.2, 0.25) is 0 Å². The number of aliphatic carboxylic acids is 1. The highest BCUT2D eigenvalue weighted by Gasteiger charge is 2.25. The van der Waals surface area contributed by atoms with Crippen LogP contribution >= 0.6 is 0 Å².